The lowest BCUT2D eigenvalue weighted by Gasteiger charge is -2.07. The molecule has 6 heteroatoms. The fraction of sp³-hybridized carbons (Fsp3) is 0.111. The Morgan fingerprint density at radius 1 is 1.21 bits per heavy atom. The van der Waals surface area contributed by atoms with Crippen LogP contribution in [-0.2, 0) is 4.79 Å². The van der Waals surface area contributed by atoms with Crippen LogP contribution in [0.2, 0.25) is 0 Å². The van der Waals surface area contributed by atoms with Gasteiger partial charge in [-0.05, 0) is 48.9 Å². The number of aromatic carboxylic acids is 1. The van der Waals surface area contributed by atoms with E-state index in [1.165, 1.54) is 18.2 Å². The molecule has 0 radical (unpaired) electrons. The molecule has 0 saturated heterocycles. The summed E-state index contributed by atoms with van der Waals surface area (Å²) in [6.45, 7) is 2.50. The van der Waals surface area contributed by atoms with Crippen LogP contribution in [0.15, 0.2) is 53.0 Å². The SMILES string of the molecule is CCOc1ccc(/C=C/C(=O)Nc2ccc(Br)cc2C(=O)O)cc1. The first-order valence-electron chi connectivity index (χ1n) is 7.24. The number of anilines is 1. The van der Waals surface area contributed by atoms with E-state index in [9.17, 15) is 14.7 Å². The number of ether oxygens (including phenoxy) is 1. The number of halogens is 1. The third-order valence-corrected chi connectivity index (χ3v) is 3.58. The summed E-state index contributed by atoms with van der Waals surface area (Å²) in [4.78, 5) is 23.2. The van der Waals surface area contributed by atoms with E-state index in [1.807, 2.05) is 31.2 Å². The van der Waals surface area contributed by atoms with E-state index in [1.54, 1.807) is 12.1 Å². The maximum absolute atomic E-state index is 12.0. The Balaban J connectivity index is 2.06. The van der Waals surface area contributed by atoms with Crippen molar-refractivity contribution in [2.24, 2.45) is 0 Å². The first-order chi connectivity index (χ1) is 11.5. The molecule has 0 aliphatic rings. The number of carbonyl (C=O) groups is 2. The van der Waals surface area contributed by atoms with Gasteiger partial charge in [-0.15, -0.1) is 0 Å². The topological polar surface area (TPSA) is 75.6 Å². The zero-order chi connectivity index (χ0) is 17.5. The second kappa shape index (κ2) is 8.31. The van der Waals surface area contributed by atoms with Crippen molar-refractivity contribution in [1.29, 1.82) is 0 Å². The van der Waals surface area contributed by atoms with Crippen molar-refractivity contribution >= 4 is 39.6 Å². The number of nitrogens with one attached hydrogen (secondary N) is 1. The number of rotatable bonds is 6. The molecule has 0 aliphatic carbocycles. The Labute approximate surface area is 148 Å². The molecule has 2 aromatic carbocycles. The predicted octanol–water partition coefficient (Wildman–Crippen LogP) is 4.20. The summed E-state index contributed by atoms with van der Waals surface area (Å²) in [5.41, 5.74) is 1.10. The summed E-state index contributed by atoms with van der Waals surface area (Å²) in [6, 6.07) is 11.9. The minimum absolute atomic E-state index is 0.0205. The van der Waals surface area contributed by atoms with E-state index in [0.717, 1.165) is 11.3 Å². The molecule has 124 valence electrons. The van der Waals surface area contributed by atoms with Crippen LogP contribution in [0, 0.1) is 0 Å². The number of amides is 1. The largest absolute Gasteiger partial charge is 0.494 e. The van der Waals surface area contributed by atoms with E-state index >= 15 is 0 Å². The monoisotopic (exact) mass is 389 g/mol. The van der Waals surface area contributed by atoms with Gasteiger partial charge in [-0.25, -0.2) is 4.79 Å². The van der Waals surface area contributed by atoms with Gasteiger partial charge in [-0.3, -0.25) is 4.79 Å². The molecule has 1 amide bonds. The van der Waals surface area contributed by atoms with Gasteiger partial charge in [0.1, 0.15) is 5.75 Å². The van der Waals surface area contributed by atoms with Crippen molar-refractivity contribution in [2.75, 3.05) is 11.9 Å². The van der Waals surface area contributed by atoms with E-state index in [2.05, 4.69) is 21.2 Å². The molecule has 0 atom stereocenters. The van der Waals surface area contributed by atoms with Crippen LogP contribution < -0.4 is 10.1 Å². The first kappa shape index (κ1) is 17.7. The van der Waals surface area contributed by atoms with Gasteiger partial charge >= 0.3 is 5.97 Å². The molecule has 0 saturated carbocycles. The van der Waals surface area contributed by atoms with Crippen molar-refractivity contribution < 1.29 is 19.4 Å². The summed E-state index contributed by atoms with van der Waals surface area (Å²) in [5.74, 6) is -0.754. The first-order valence-corrected chi connectivity index (χ1v) is 8.03. The highest BCUT2D eigenvalue weighted by atomic mass is 79.9. The number of carboxylic acid groups (broad SMARTS) is 1. The third-order valence-electron chi connectivity index (χ3n) is 3.09. The average Bonchev–Trinajstić information content (AvgIpc) is 2.56. The van der Waals surface area contributed by atoms with Gasteiger partial charge in [0.2, 0.25) is 5.91 Å². The van der Waals surface area contributed by atoms with Gasteiger partial charge in [0, 0.05) is 10.5 Å². The molecular weight excluding hydrogens is 374 g/mol. The molecule has 0 fully saturated rings. The van der Waals surface area contributed by atoms with Crippen LogP contribution in [0.1, 0.15) is 22.8 Å². The van der Waals surface area contributed by atoms with Crippen LogP contribution in [-0.4, -0.2) is 23.6 Å². The van der Waals surface area contributed by atoms with Gasteiger partial charge in [0.15, 0.2) is 0 Å². The van der Waals surface area contributed by atoms with Gasteiger partial charge in [-0.1, -0.05) is 28.1 Å². The second-order valence-corrected chi connectivity index (χ2v) is 5.74. The normalized spacial score (nSPS) is 10.6. The summed E-state index contributed by atoms with van der Waals surface area (Å²) in [5, 5.41) is 11.7. The van der Waals surface area contributed by atoms with Crippen LogP contribution in [0.3, 0.4) is 0 Å². The number of carbonyl (C=O) groups excluding carboxylic acids is 1. The fourth-order valence-corrected chi connectivity index (χ4v) is 2.35. The van der Waals surface area contributed by atoms with Gasteiger partial charge < -0.3 is 15.2 Å². The second-order valence-electron chi connectivity index (χ2n) is 4.82. The van der Waals surface area contributed by atoms with Gasteiger partial charge in [-0.2, -0.15) is 0 Å². The lowest BCUT2D eigenvalue weighted by Crippen LogP contribution is -2.12. The average molecular weight is 390 g/mol. The van der Waals surface area contributed by atoms with Crippen LogP contribution >= 0.6 is 15.9 Å². The molecule has 2 aromatic rings. The number of carboxylic acids is 1. The smallest absolute Gasteiger partial charge is 0.337 e. The van der Waals surface area contributed by atoms with E-state index in [-0.39, 0.29) is 11.3 Å². The maximum atomic E-state index is 12.0. The van der Waals surface area contributed by atoms with E-state index in [4.69, 9.17) is 4.74 Å². The Morgan fingerprint density at radius 2 is 1.92 bits per heavy atom. The molecule has 0 spiro atoms. The standard InChI is InChI=1S/C18H16BrNO4/c1-2-24-14-7-3-12(4-8-14)5-10-17(21)20-16-9-6-13(19)11-15(16)18(22)23/h3-11H,2H2,1H3,(H,20,21)(H,22,23)/b10-5+. The predicted molar refractivity (Wildman–Crippen MR) is 96.4 cm³/mol. The fourth-order valence-electron chi connectivity index (χ4n) is 1.99. The Morgan fingerprint density at radius 3 is 2.54 bits per heavy atom. The lowest BCUT2D eigenvalue weighted by molar-refractivity contribution is -0.111. The molecule has 5 nitrogen and oxygen atoms in total. The molecule has 0 aromatic heterocycles. The van der Waals surface area contributed by atoms with Crippen molar-refractivity contribution in [3.63, 3.8) is 0 Å². The minimum atomic E-state index is -1.11. The zero-order valence-corrected chi connectivity index (χ0v) is 14.5. The van der Waals surface area contributed by atoms with Crippen LogP contribution in [0.5, 0.6) is 5.75 Å². The third kappa shape index (κ3) is 4.96. The van der Waals surface area contributed by atoms with Crippen molar-refractivity contribution in [1.82, 2.24) is 0 Å². The molecule has 0 heterocycles. The summed E-state index contributed by atoms with van der Waals surface area (Å²) < 4.78 is 5.98. The molecule has 24 heavy (non-hydrogen) atoms. The molecule has 0 unspecified atom stereocenters. The van der Waals surface area contributed by atoms with Crippen molar-refractivity contribution in [3.05, 3.63) is 64.1 Å². The summed E-state index contributed by atoms with van der Waals surface area (Å²) in [7, 11) is 0. The van der Waals surface area contributed by atoms with Crippen molar-refractivity contribution in [3.8, 4) is 5.75 Å². The zero-order valence-electron chi connectivity index (χ0n) is 13.0. The highest BCUT2D eigenvalue weighted by molar-refractivity contribution is 9.10. The Bertz CT molecular complexity index is 769. The van der Waals surface area contributed by atoms with Crippen LogP contribution in [0.25, 0.3) is 6.08 Å². The maximum Gasteiger partial charge on any atom is 0.337 e. The van der Waals surface area contributed by atoms with Crippen LogP contribution in [0.4, 0.5) is 5.69 Å². The number of benzene rings is 2. The van der Waals surface area contributed by atoms with Crippen molar-refractivity contribution in [2.45, 2.75) is 6.92 Å². The lowest BCUT2D eigenvalue weighted by atomic mass is 10.1. The van der Waals surface area contributed by atoms with Gasteiger partial charge in [0.25, 0.3) is 0 Å². The molecule has 0 aliphatic heterocycles. The number of hydrogen-bond acceptors (Lipinski definition) is 3. The molecular formula is C18H16BrNO4. The quantitative estimate of drug-likeness (QED) is 0.725. The Hall–Kier alpha value is -2.60. The summed E-state index contributed by atoms with van der Waals surface area (Å²) in [6.07, 6.45) is 2.99. The highest BCUT2D eigenvalue weighted by Crippen LogP contribution is 2.21. The van der Waals surface area contributed by atoms with E-state index in [0.29, 0.717) is 11.1 Å². The van der Waals surface area contributed by atoms with E-state index < -0.39 is 11.9 Å². The summed E-state index contributed by atoms with van der Waals surface area (Å²) >= 11 is 3.21. The molecule has 0 bridgehead atoms. The minimum Gasteiger partial charge on any atom is -0.494 e. The highest BCUT2D eigenvalue weighted by Gasteiger charge is 2.11. The number of hydrogen-bond donors (Lipinski definition) is 2. The molecule has 2 rings (SSSR count). The molecule has 2 N–H and O–H groups in total. The van der Waals surface area contributed by atoms with Gasteiger partial charge in [0.05, 0.1) is 17.9 Å². The Kier molecular flexibility index (Phi) is 6.14.